The van der Waals surface area contributed by atoms with Crippen molar-refractivity contribution in [2.75, 3.05) is 19.8 Å². The van der Waals surface area contributed by atoms with Crippen molar-refractivity contribution in [3.8, 4) is 22.9 Å². The van der Waals surface area contributed by atoms with Gasteiger partial charge in [0.1, 0.15) is 17.5 Å². The van der Waals surface area contributed by atoms with E-state index in [-0.39, 0.29) is 17.8 Å². The Labute approximate surface area is 187 Å². The van der Waals surface area contributed by atoms with Crippen molar-refractivity contribution in [3.05, 3.63) is 59.9 Å². The number of nitrogens with zero attached hydrogens (tertiary/aromatic N) is 3. The van der Waals surface area contributed by atoms with E-state index in [0.29, 0.717) is 37.8 Å². The minimum Gasteiger partial charge on any atom is -0.493 e. The lowest BCUT2D eigenvalue weighted by molar-refractivity contribution is 0.0309. The summed E-state index contributed by atoms with van der Waals surface area (Å²) in [6.45, 7) is 4.46. The van der Waals surface area contributed by atoms with Gasteiger partial charge >= 0.3 is 0 Å². The summed E-state index contributed by atoms with van der Waals surface area (Å²) in [7, 11) is 0. The van der Waals surface area contributed by atoms with E-state index in [1.54, 1.807) is 16.9 Å². The smallest absolute Gasteiger partial charge is 0.212 e. The van der Waals surface area contributed by atoms with E-state index < -0.39 is 0 Å². The number of carbonyl (C=O) groups is 1. The van der Waals surface area contributed by atoms with E-state index in [1.807, 2.05) is 37.3 Å². The molecule has 0 saturated heterocycles. The molecule has 32 heavy (non-hydrogen) atoms. The maximum Gasteiger partial charge on any atom is 0.212 e. The highest BCUT2D eigenvalue weighted by Gasteiger charge is 2.27. The molecule has 0 radical (unpaired) electrons. The fraction of sp³-hybridized carbons (Fsp3) is 0.400. The summed E-state index contributed by atoms with van der Waals surface area (Å²) in [6.07, 6.45) is 3.82. The van der Waals surface area contributed by atoms with Crippen LogP contribution < -0.4 is 9.47 Å². The number of ketones is 1. The number of aryl methyl sites for hydroxylation is 1. The molecule has 0 aliphatic carbocycles. The normalized spacial score (nSPS) is 19.4. The number of aromatic nitrogens is 3. The third kappa shape index (κ3) is 4.39. The second-order valence-electron chi connectivity index (χ2n) is 8.32. The van der Waals surface area contributed by atoms with E-state index in [0.717, 1.165) is 42.0 Å². The summed E-state index contributed by atoms with van der Waals surface area (Å²) in [5.41, 5.74) is 3.56. The molecule has 2 aromatic heterocycles. The van der Waals surface area contributed by atoms with Crippen molar-refractivity contribution >= 4 is 5.78 Å². The van der Waals surface area contributed by atoms with Crippen LogP contribution in [0.3, 0.4) is 0 Å². The van der Waals surface area contributed by atoms with Crippen LogP contribution in [0.2, 0.25) is 0 Å². The van der Waals surface area contributed by atoms with Crippen LogP contribution in [-0.2, 0) is 17.7 Å². The second kappa shape index (κ2) is 9.12. The number of hydrogen-bond acceptors (Lipinski definition) is 6. The average Bonchev–Trinajstić information content (AvgIpc) is 3.26. The van der Waals surface area contributed by atoms with E-state index in [1.165, 1.54) is 0 Å². The van der Waals surface area contributed by atoms with Gasteiger partial charge in [-0.2, -0.15) is 5.10 Å². The number of carbonyl (C=O) groups excluding carboxylic acids is 1. The Balaban J connectivity index is 1.25. The molecule has 0 amide bonds. The largest absolute Gasteiger partial charge is 0.493 e. The summed E-state index contributed by atoms with van der Waals surface area (Å²) >= 11 is 0. The number of ether oxygens (including phenoxy) is 3. The molecule has 2 unspecified atom stereocenters. The molecular formula is C25H27N3O4. The Morgan fingerprint density at radius 2 is 2.19 bits per heavy atom. The molecule has 5 rings (SSSR count). The highest BCUT2D eigenvalue weighted by Crippen LogP contribution is 2.33. The predicted molar refractivity (Wildman–Crippen MR) is 119 cm³/mol. The van der Waals surface area contributed by atoms with Crippen LogP contribution in [0.4, 0.5) is 0 Å². The second-order valence-corrected chi connectivity index (χ2v) is 8.32. The zero-order valence-corrected chi connectivity index (χ0v) is 18.2. The number of rotatable bonds is 7. The van der Waals surface area contributed by atoms with Crippen LogP contribution in [0, 0.1) is 5.92 Å². The van der Waals surface area contributed by atoms with Crippen LogP contribution >= 0.6 is 0 Å². The lowest BCUT2D eigenvalue weighted by atomic mass is 9.90. The van der Waals surface area contributed by atoms with Gasteiger partial charge in [-0.3, -0.25) is 9.78 Å². The molecule has 0 saturated carbocycles. The highest BCUT2D eigenvalue weighted by atomic mass is 16.5. The number of hydrogen-bond donors (Lipinski definition) is 0. The zero-order chi connectivity index (χ0) is 21.9. The van der Waals surface area contributed by atoms with Gasteiger partial charge in [-0.25, -0.2) is 4.68 Å². The Kier molecular flexibility index (Phi) is 5.90. The van der Waals surface area contributed by atoms with Crippen LogP contribution in [0.5, 0.6) is 11.6 Å². The molecule has 2 atom stereocenters. The fourth-order valence-electron chi connectivity index (χ4n) is 4.30. The van der Waals surface area contributed by atoms with Crippen molar-refractivity contribution in [3.63, 3.8) is 0 Å². The van der Waals surface area contributed by atoms with Crippen LogP contribution in [0.1, 0.15) is 35.8 Å². The standard InChI is InChI=1S/C25H27N3O4/c1-2-30-16-20-8-10-28-25(32-20)14-22(27-28)23(29)12-17-11-19-13-18(6-7-24(19)31-15-17)21-5-3-4-9-26-21/h3-7,9,13-14,17,20H,2,8,10-12,15-16H2,1H3. The molecule has 0 fully saturated rings. The highest BCUT2D eigenvalue weighted by molar-refractivity contribution is 5.94. The van der Waals surface area contributed by atoms with Crippen molar-refractivity contribution in [1.29, 1.82) is 0 Å². The van der Waals surface area contributed by atoms with E-state index in [9.17, 15) is 4.79 Å². The van der Waals surface area contributed by atoms with Gasteiger partial charge < -0.3 is 14.2 Å². The Bertz CT molecular complexity index is 1100. The molecule has 7 nitrogen and oxygen atoms in total. The first-order valence-electron chi connectivity index (χ1n) is 11.2. The van der Waals surface area contributed by atoms with E-state index in [4.69, 9.17) is 14.2 Å². The number of fused-ring (bicyclic) bond motifs is 2. The minimum atomic E-state index is 0.0126. The van der Waals surface area contributed by atoms with E-state index >= 15 is 0 Å². The Morgan fingerprint density at radius 3 is 3.03 bits per heavy atom. The average molecular weight is 434 g/mol. The lowest BCUT2D eigenvalue weighted by Gasteiger charge is -2.25. The number of benzene rings is 1. The first kappa shape index (κ1) is 20.7. The van der Waals surface area contributed by atoms with Crippen LogP contribution in [0.15, 0.2) is 48.7 Å². The molecule has 0 spiro atoms. The summed E-state index contributed by atoms with van der Waals surface area (Å²) in [5, 5.41) is 4.48. The molecule has 4 heterocycles. The van der Waals surface area contributed by atoms with Gasteiger partial charge in [0, 0.05) is 49.7 Å². The molecule has 1 aromatic carbocycles. The quantitative estimate of drug-likeness (QED) is 0.525. The molecule has 166 valence electrons. The van der Waals surface area contributed by atoms with Crippen LogP contribution in [-0.4, -0.2) is 46.5 Å². The topological polar surface area (TPSA) is 75.5 Å². The lowest BCUT2D eigenvalue weighted by Crippen LogP contribution is -2.30. The molecule has 7 heteroatoms. The molecule has 3 aromatic rings. The molecule has 2 aliphatic rings. The molecule has 0 N–H and O–H groups in total. The van der Waals surface area contributed by atoms with Crippen molar-refractivity contribution < 1.29 is 19.0 Å². The zero-order valence-electron chi connectivity index (χ0n) is 18.2. The third-order valence-electron chi connectivity index (χ3n) is 5.97. The predicted octanol–water partition coefficient (Wildman–Crippen LogP) is 3.96. The maximum absolute atomic E-state index is 13.0. The van der Waals surface area contributed by atoms with Gasteiger partial charge in [0.05, 0.1) is 18.9 Å². The monoisotopic (exact) mass is 433 g/mol. The van der Waals surface area contributed by atoms with Crippen molar-refractivity contribution in [1.82, 2.24) is 14.8 Å². The Hall–Kier alpha value is -3.19. The first-order chi connectivity index (χ1) is 15.7. The molecule has 2 aliphatic heterocycles. The SMILES string of the molecule is CCOCC1CCn2nc(C(=O)CC3COc4ccc(-c5ccccn5)cc4C3)cc2O1. The van der Waals surface area contributed by atoms with Crippen molar-refractivity contribution in [2.24, 2.45) is 5.92 Å². The summed E-state index contributed by atoms with van der Waals surface area (Å²) in [5.74, 6) is 1.67. The summed E-state index contributed by atoms with van der Waals surface area (Å²) in [6, 6.07) is 13.8. The van der Waals surface area contributed by atoms with Gasteiger partial charge in [-0.05, 0) is 49.2 Å². The summed E-state index contributed by atoms with van der Waals surface area (Å²) in [4.78, 5) is 17.4. The Morgan fingerprint density at radius 1 is 1.25 bits per heavy atom. The van der Waals surface area contributed by atoms with Crippen molar-refractivity contribution in [2.45, 2.75) is 38.8 Å². The fourth-order valence-corrected chi connectivity index (χ4v) is 4.30. The molecule has 0 bridgehead atoms. The van der Waals surface area contributed by atoms with E-state index in [2.05, 4.69) is 16.1 Å². The molecular weight excluding hydrogens is 406 g/mol. The van der Waals surface area contributed by atoms with Gasteiger partial charge in [0.2, 0.25) is 5.88 Å². The third-order valence-corrected chi connectivity index (χ3v) is 5.97. The van der Waals surface area contributed by atoms with Gasteiger partial charge in [-0.1, -0.05) is 6.07 Å². The van der Waals surface area contributed by atoms with Gasteiger partial charge in [-0.15, -0.1) is 0 Å². The number of Topliss-reactive ketones (excluding diaryl/α,β-unsaturated/α-hetero) is 1. The minimum absolute atomic E-state index is 0.0126. The maximum atomic E-state index is 13.0. The van der Waals surface area contributed by atoms with Gasteiger partial charge in [0.25, 0.3) is 0 Å². The first-order valence-corrected chi connectivity index (χ1v) is 11.2. The van der Waals surface area contributed by atoms with Gasteiger partial charge in [0.15, 0.2) is 5.78 Å². The summed E-state index contributed by atoms with van der Waals surface area (Å²) < 4.78 is 19.2. The number of pyridine rings is 1. The van der Waals surface area contributed by atoms with Crippen LogP contribution in [0.25, 0.3) is 11.3 Å².